The first-order valence-electron chi connectivity index (χ1n) is 5.67. The largest absolute Gasteiger partial charge is 0.264 e. The van der Waals surface area contributed by atoms with Crippen LogP contribution in [-0.2, 0) is 9.84 Å². The molecule has 1 heterocycles. The molecule has 2 aromatic rings. The number of nitrogens with zero attached hydrogens (tertiary/aromatic N) is 2. The third-order valence-electron chi connectivity index (χ3n) is 2.56. The van der Waals surface area contributed by atoms with Gasteiger partial charge >= 0.3 is 0 Å². The van der Waals surface area contributed by atoms with Crippen LogP contribution in [0.25, 0.3) is 6.08 Å². The van der Waals surface area contributed by atoms with Crippen molar-refractivity contribution in [1.82, 2.24) is 4.98 Å². The molecule has 0 unspecified atom stereocenters. The number of hydrogen-bond acceptors (Lipinski definition) is 4. The number of nitriles is 1. The molecule has 0 fully saturated rings. The molecule has 0 aliphatic heterocycles. The summed E-state index contributed by atoms with van der Waals surface area (Å²) >= 11 is 11.7. The number of rotatable bonds is 3. The fourth-order valence-corrected chi connectivity index (χ4v) is 3.50. The van der Waals surface area contributed by atoms with Crippen molar-refractivity contribution in [1.29, 1.82) is 5.26 Å². The second-order valence-corrected chi connectivity index (χ2v) is 6.72. The lowest BCUT2D eigenvalue weighted by molar-refractivity contribution is 0.603. The minimum absolute atomic E-state index is 0.00624. The summed E-state index contributed by atoms with van der Waals surface area (Å²) in [6, 6.07) is 9.02. The second-order valence-electron chi connectivity index (χ2n) is 3.98. The van der Waals surface area contributed by atoms with Crippen molar-refractivity contribution < 1.29 is 8.42 Å². The Balaban J connectivity index is 2.59. The minimum atomic E-state index is -4.05. The lowest BCUT2D eigenvalue weighted by atomic mass is 10.3. The average molecular weight is 339 g/mol. The third kappa shape index (κ3) is 3.42. The minimum Gasteiger partial charge on any atom is -0.264 e. The lowest BCUT2D eigenvalue weighted by Gasteiger charge is -2.06. The Kier molecular flexibility index (Phi) is 4.63. The molecular weight excluding hydrogens is 331 g/mol. The summed E-state index contributed by atoms with van der Waals surface area (Å²) in [5, 5.41) is 9.38. The van der Waals surface area contributed by atoms with Gasteiger partial charge in [-0.15, -0.1) is 0 Å². The van der Waals surface area contributed by atoms with Gasteiger partial charge in [-0.3, -0.25) is 4.98 Å². The first kappa shape index (κ1) is 15.5. The first-order chi connectivity index (χ1) is 9.95. The van der Waals surface area contributed by atoms with Crippen LogP contribution in [0, 0.1) is 11.3 Å². The number of sulfone groups is 1. The molecule has 0 N–H and O–H groups in total. The van der Waals surface area contributed by atoms with Crippen LogP contribution in [0.1, 0.15) is 5.56 Å². The zero-order chi connectivity index (χ0) is 15.5. The summed E-state index contributed by atoms with van der Waals surface area (Å²) in [4.78, 5) is 3.23. The molecule has 0 amide bonds. The topological polar surface area (TPSA) is 70.8 Å². The maximum Gasteiger partial charge on any atom is 0.218 e. The maximum atomic E-state index is 12.5. The zero-order valence-electron chi connectivity index (χ0n) is 10.5. The van der Waals surface area contributed by atoms with E-state index in [1.54, 1.807) is 24.4 Å². The van der Waals surface area contributed by atoms with Gasteiger partial charge in [0.25, 0.3) is 0 Å². The highest BCUT2D eigenvalue weighted by Crippen LogP contribution is 2.30. The van der Waals surface area contributed by atoms with Crippen LogP contribution in [0.4, 0.5) is 0 Å². The molecule has 0 radical (unpaired) electrons. The molecule has 1 aromatic carbocycles. The predicted octanol–water partition coefficient (Wildman–Crippen LogP) is 3.73. The molecule has 0 aliphatic rings. The first-order valence-corrected chi connectivity index (χ1v) is 7.91. The van der Waals surface area contributed by atoms with Gasteiger partial charge in [-0.2, -0.15) is 5.26 Å². The van der Waals surface area contributed by atoms with Gasteiger partial charge in [0.05, 0.1) is 9.92 Å². The normalized spacial score (nSPS) is 12.0. The van der Waals surface area contributed by atoms with Gasteiger partial charge < -0.3 is 0 Å². The summed E-state index contributed by atoms with van der Waals surface area (Å²) in [7, 11) is -4.05. The Hall–Kier alpha value is -1.87. The van der Waals surface area contributed by atoms with Crippen molar-refractivity contribution in [2.45, 2.75) is 4.90 Å². The van der Waals surface area contributed by atoms with E-state index in [-0.39, 0.29) is 14.9 Å². The van der Waals surface area contributed by atoms with E-state index in [0.717, 1.165) is 0 Å². The van der Waals surface area contributed by atoms with Crippen molar-refractivity contribution in [3.05, 3.63) is 63.2 Å². The molecule has 2 rings (SSSR count). The molecule has 1 aromatic heterocycles. The molecule has 0 bridgehead atoms. The third-order valence-corrected chi connectivity index (χ3v) is 4.95. The fourth-order valence-electron chi connectivity index (χ4n) is 1.58. The van der Waals surface area contributed by atoms with Gasteiger partial charge in [-0.25, -0.2) is 8.42 Å². The summed E-state index contributed by atoms with van der Waals surface area (Å²) in [5.74, 6) is 0. The second kappa shape index (κ2) is 6.27. The van der Waals surface area contributed by atoms with Crippen molar-refractivity contribution >= 4 is 39.1 Å². The average Bonchev–Trinajstić information content (AvgIpc) is 2.48. The number of hydrogen-bond donors (Lipinski definition) is 0. The Morgan fingerprint density at radius 1 is 1.29 bits per heavy atom. The Morgan fingerprint density at radius 2 is 2.05 bits per heavy atom. The standard InChI is InChI=1S/C14H8Cl2N2O2S/c15-11-3-4-13(16)14(7-11)21(19,20)12(8-17)6-10-2-1-5-18-9-10/h1-7,9H/b12-6+. The number of benzene rings is 1. The molecule has 106 valence electrons. The van der Waals surface area contributed by atoms with Crippen LogP contribution < -0.4 is 0 Å². The van der Waals surface area contributed by atoms with E-state index in [9.17, 15) is 8.42 Å². The van der Waals surface area contributed by atoms with Crippen LogP contribution in [-0.4, -0.2) is 13.4 Å². The molecular formula is C14H8Cl2N2O2S. The Bertz CT molecular complexity index is 841. The van der Waals surface area contributed by atoms with Crippen LogP contribution in [0.2, 0.25) is 10.0 Å². The van der Waals surface area contributed by atoms with E-state index in [4.69, 9.17) is 28.5 Å². The van der Waals surface area contributed by atoms with Crippen molar-refractivity contribution in [3.8, 4) is 6.07 Å². The molecule has 0 saturated heterocycles. The quantitative estimate of drug-likeness (QED) is 0.799. The van der Waals surface area contributed by atoms with E-state index in [0.29, 0.717) is 5.56 Å². The van der Waals surface area contributed by atoms with Crippen LogP contribution >= 0.6 is 23.2 Å². The molecule has 4 nitrogen and oxygen atoms in total. The molecule has 7 heteroatoms. The zero-order valence-corrected chi connectivity index (χ0v) is 12.8. The molecule has 0 atom stereocenters. The molecule has 21 heavy (non-hydrogen) atoms. The number of allylic oxidation sites excluding steroid dienone is 1. The summed E-state index contributed by atoms with van der Waals surface area (Å²) in [6.07, 6.45) is 4.23. The van der Waals surface area contributed by atoms with Gasteiger partial charge in [-0.1, -0.05) is 29.3 Å². The smallest absolute Gasteiger partial charge is 0.218 e. The summed E-state index contributed by atoms with van der Waals surface area (Å²) in [6.45, 7) is 0. The highest BCUT2D eigenvalue weighted by Gasteiger charge is 2.24. The van der Waals surface area contributed by atoms with Crippen molar-refractivity contribution in [2.24, 2.45) is 0 Å². The van der Waals surface area contributed by atoms with Gasteiger partial charge in [-0.05, 0) is 35.9 Å². The van der Waals surface area contributed by atoms with Crippen molar-refractivity contribution in [2.75, 3.05) is 0 Å². The van der Waals surface area contributed by atoms with Crippen LogP contribution in [0.15, 0.2) is 52.5 Å². The van der Waals surface area contributed by atoms with E-state index in [2.05, 4.69) is 4.98 Å². The lowest BCUT2D eigenvalue weighted by Crippen LogP contribution is -2.04. The summed E-state index contributed by atoms with van der Waals surface area (Å²) in [5.41, 5.74) is 0.496. The number of aromatic nitrogens is 1. The maximum absolute atomic E-state index is 12.5. The van der Waals surface area contributed by atoms with Gasteiger partial charge in [0.2, 0.25) is 9.84 Å². The molecule has 0 aliphatic carbocycles. The van der Waals surface area contributed by atoms with Gasteiger partial charge in [0.1, 0.15) is 11.0 Å². The van der Waals surface area contributed by atoms with Crippen LogP contribution in [0.3, 0.4) is 0 Å². The van der Waals surface area contributed by atoms with E-state index in [1.807, 2.05) is 0 Å². The van der Waals surface area contributed by atoms with Crippen molar-refractivity contribution in [3.63, 3.8) is 0 Å². The SMILES string of the molecule is N#C/C(=C\c1cccnc1)S(=O)(=O)c1cc(Cl)ccc1Cl. The predicted molar refractivity (Wildman–Crippen MR) is 81.5 cm³/mol. The van der Waals surface area contributed by atoms with E-state index >= 15 is 0 Å². The van der Waals surface area contributed by atoms with Gasteiger partial charge in [0.15, 0.2) is 0 Å². The highest BCUT2D eigenvalue weighted by molar-refractivity contribution is 7.95. The molecule has 0 spiro atoms. The summed E-state index contributed by atoms with van der Waals surface area (Å²) < 4.78 is 25.0. The Morgan fingerprint density at radius 3 is 2.67 bits per heavy atom. The molecule has 0 saturated carbocycles. The Labute approximate surface area is 132 Å². The number of halogens is 2. The van der Waals surface area contributed by atoms with Crippen LogP contribution in [0.5, 0.6) is 0 Å². The monoisotopic (exact) mass is 338 g/mol. The highest BCUT2D eigenvalue weighted by atomic mass is 35.5. The van der Waals surface area contributed by atoms with Gasteiger partial charge in [0, 0.05) is 17.4 Å². The van der Waals surface area contributed by atoms with E-state index in [1.165, 1.54) is 30.5 Å². The van der Waals surface area contributed by atoms with E-state index < -0.39 is 14.7 Å². The fraction of sp³-hybridized carbons (Fsp3) is 0. The number of pyridine rings is 1.